The molecule has 3 nitrogen and oxygen atoms in total. The van der Waals surface area contributed by atoms with Crippen molar-refractivity contribution in [1.29, 1.82) is 0 Å². The quantitative estimate of drug-likeness (QED) is 0.567. The van der Waals surface area contributed by atoms with Gasteiger partial charge in [0.25, 0.3) is 0 Å². The van der Waals surface area contributed by atoms with E-state index in [0.29, 0.717) is 16.5 Å². The van der Waals surface area contributed by atoms with Gasteiger partial charge in [0.1, 0.15) is 10.1 Å². The number of fused-ring (bicyclic) bond motifs is 1. The van der Waals surface area contributed by atoms with Gasteiger partial charge in [-0.25, -0.2) is 0 Å². The van der Waals surface area contributed by atoms with Crippen molar-refractivity contribution in [3.8, 4) is 5.75 Å². The van der Waals surface area contributed by atoms with Gasteiger partial charge in [0.2, 0.25) is 0 Å². The van der Waals surface area contributed by atoms with Gasteiger partial charge in [0, 0.05) is 22.0 Å². The van der Waals surface area contributed by atoms with Crippen LogP contribution in [0.1, 0.15) is 17.9 Å². The molecule has 124 valence electrons. The molecule has 0 heterocycles. The standard InChI is InChI=1S/C18H13Br3O3/c1-2-9-3-5-12-17(24)13(20)8-15(23)18(12,21)16(9)11-7-10(19)4-6-14(11)22/h2-4,6-8,12,16,22H,1,5H2/t12-,16+,18+/m0/s1. The number of allylic oxidation sites excluding steroid dienone is 5. The minimum atomic E-state index is -1.14. The van der Waals surface area contributed by atoms with E-state index >= 15 is 0 Å². The molecule has 0 saturated heterocycles. The third-order valence-electron chi connectivity index (χ3n) is 4.57. The normalized spacial score (nSPS) is 29.6. The Morgan fingerprint density at radius 1 is 1.29 bits per heavy atom. The highest BCUT2D eigenvalue weighted by molar-refractivity contribution is 9.12. The summed E-state index contributed by atoms with van der Waals surface area (Å²) < 4.78 is -0.0683. The maximum atomic E-state index is 12.9. The van der Waals surface area contributed by atoms with Crippen molar-refractivity contribution >= 4 is 59.4 Å². The molecule has 0 aromatic heterocycles. The Bertz CT molecular complexity index is 825. The van der Waals surface area contributed by atoms with Gasteiger partial charge in [-0.15, -0.1) is 0 Å². The number of phenols is 1. The summed E-state index contributed by atoms with van der Waals surface area (Å²) >= 11 is 10.2. The first-order chi connectivity index (χ1) is 11.3. The molecular formula is C18H13Br3O3. The highest BCUT2D eigenvalue weighted by Gasteiger charge is 2.57. The summed E-state index contributed by atoms with van der Waals surface area (Å²) in [5.74, 6) is -1.30. The Kier molecular flexibility index (Phi) is 4.75. The number of carbonyl (C=O) groups excluding carboxylic acids is 2. The molecule has 0 radical (unpaired) electrons. The zero-order chi connectivity index (χ0) is 17.6. The fraction of sp³-hybridized carbons (Fsp3) is 0.222. The van der Waals surface area contributed by atoms with Crippen LogP contribution in [0.15, 0.2) is 57.5 Å². The van der Waals surface area contributed by atoms with Crippen LogP contribution >= 0.6 is 47.8 Å². The van der Waals surface area contributed by atoms with Crippen molar-refractivity contribution in [2.24, 2.45) is 5.92 Å². The minimum Gasteiger partial charge on any atom is -0.508 e. The number of alkyl halides is 1. The van der Waals surface area contributed by atoms with Gasteiger partial charge in [-0.3, -0.25) is 9.59 Å². The van der Waals surface area contributed by atoms with E-state index in [1.54, 1.807) is 24.3 Å². The molecule has 0 aliphatic heterocycles. The van der Waals surface area contributed by atoms with E-state index in [1.165, 1.54) is 6.08 Å². The monoisotopic (exact) mass is 514 g/mol. The largest absolute Gasteiger partial charge is 0.508 e. The second-order valence-electron chi connectivity index (χ2n) is 5.82. The van der Waals surface area contributed by atoms with Crippen LogP contribution in [-0.4, -0.2) is 21.0 Å². The second kappa shape index (κ2) is 6.39. The Balaban J connectivity index is 2.28. The lowest BCUT2D eigenvalue weighted by atomic mass is 9.64. The van der Waals surface area contributed by atoms with Crippen LogP contribution in [-0.2, 0) is 9.59 Å². The van der Waals surface area contributed by atoms with Crippen molar-refractivity contribution in [3.63, 3.8) is 0 Å². The number of Topliss-reactive ketones (excluding diaryl/α,β-unsaturated/α-hetero) is 1. The second-order valence-corrected chi connectivity index (χ2v) is 8.90. The number of halogens is 3. The number of phenolic OH excluding ortho intramolecular Hbond substituents is 1. The molecule has 1 aromatic carbocycles. The zero-order valence-corrected chi connectivity index (χ0v) is 17.2. The Hall–Kier alpha value is -0.980. The number of ketones is 2. The minimum absolute atomic E-state index is 0.0734. The molecule has 0 amide bonds. The lowest BCUT2D eigenvalue weighted by Crippen LogP contribution is -2.52. The predicted molar refractivity (Wildman–Crippen MR) is 104 cm³/mol. The van der Waals surface area contributed by atoms with E-state index in [-0.39, 0.29) is 17.3 Å². The third kappa shape index (κ3) is 2.59. The van der Waals surface area contributed by atoms with Crippen LogP contribution in [0.25, 0.3) is 0 Å². The molecule has 3 rings (SSSR count). The molecule has 6 heteroatoms. The molecule has 1 N–H and O–H groups in total. The van der Waals surface area contributed by atoms with Crippen LogP contribution in [0.2, 0.25) is 0 Å². The van der Waals surface area contributed by atoms with Gasteiger partial charge in [-0.1, -0.05) is 50.6 Å². The van der Waals surface area contributed by atoms with Gasteiger partial charge in [-0.05, 0) is 46.1 Å². The topological polar surface area (TPSA) is 54.4 Å². The van der Waals surface area contributed by atoms with Crippen molar-refractivity contribution in [3.05, 3.63) is 63.1 Å². The van der Waals surface area contributed by atoms with Gasteiger partial charge in [0.05, 0.1) is 10.4 Å². The maximum absolute atomic E-state index is 12.9. The first kappa shape index (κ1) is 17.8. The fourth-order valence-electron chi connectivity index (χ4n) is 3.43. The molecule has 2 aliphatic carbocycles. The molecule has 0 bridgehead atoms. The van der Waals surface area contributed by atoms with E-state index in [4.69, 9.17) is 0 Å². The van der Waals surface area contributed by atoms with E-state index in [0.717, 1.165) is 10.0 Å². The van der Waals surface area contributed by atoms with E-state index in [9.17, 15) is 14.7 Å². The summed E-state index contributed by atoms with van der Waals surface area (Å²) in [4.78, 5) is 25.5. The number of hydrogen-bond donors (Lipinski definition) is 1. The predicted octanol–water partition coefficient (Wildman–Crippen LogP) is 4.93. The molecule has 0 spiro atoms. The van der Waals surface area contributed by atoms with Gasteiger partial charge >= 0.3 is 0 Å². The lowest BCUT2D eigenvalue weighted by molar-refractivity contribution is -0.127. The SMILES string of the molecule is C=CC1=CC[C@H]2C(=O)C(Br)=CC(=O)[C@@]2(Br)[C@H]1c1cc(Br)ccc1O. The first-order valence-corrected chi connectivity index (χ1v) is 9.64. The van der Waals surface area contributed by atoms with E-state index in [2.05, 4.69) is 54.4 Å². The summed E-state index contributed by atoms with van der Waals surface area (Å²) in [5.41, 5.74) is 1.38. The van der Waals surface area contributed by atoms with E-state index < -0.39 is 16.2 Å². The van der Waals surface area contributed by atoms with Gasteiger partial charge in [0.15, 0.2) is 11.6 Å². The van der Waals surface area contributed by atoms with Gasteiger partial charge < -0.3 is 5.11 Å². The molecular weight excluding hydrogens is 504 g/mol. The van der Waals surface area contributed by atoms with Crippen LogP contribution in [0.5, 0.6) is 5.75 Å². The summed E-state index contributed by atoms with van der Waals surface area (Å²) in [6, 6.07) is 5.07. The lowest BCUT2D eigenvalue weighted by Gasteiger charge is -2.45. The summed E-state index contributed by atoms with van der Waals surface area (Å²) in [6.45, 7) is 3.84. The van der Waals surface area contributed by atoms with Crippen molar-refractivity contribution < 1.29 is 14.7 Å². The molecule has 24 heavy (non-hydrogen) atoms. The van der Waals surface area contributed by atoms with Crippen molar-refractivity contribution in [1.82, 2.24) is 0 Å². The third-order valence-corrected chi connectivity index (χ3v) is 7.09. The summed E-state index contributed by atoms with van der Waals surface area (Å²) in [7, 11) is 0. The smallest absolute Gasteiger partial charge is 0.175 e. The molecule has 1 aromatic rings. The zero-order valence-electron chi connectivity index (χ0n) is 12.4. The van der Waals surface area contributed by atoms with E-state index in [1.807, 2.05) is 6.08 Å². The van der Waals surface area contributed by atoms with Crippen LogP contribution < -0.4 is 0 Å². The van der Waals surface area contributed by atoms with Crippen LogP contribution in [0, 0.1) is 5.92 Å². The number of aromatic hydroxyl groups is 1. The summed E-state index contributed by atoms with van der Waals surface area (Å²) in [5, 5.41) is 10.4. The average Bonchev–Trinajstić information content (AvgIpc) is 2.55. The highest BCUT2D eigenvalue weighted by atomic mass is 79.9. The number of hydrogen-bond acceptors (Lipinski definition) is 3. The Morgan fingerprint density at radius 3 is 2.67 bits per heavy atom. The first-order valence-electron chi connectivity index (χ1n) is 7.26. The number of rotatable bonds is 2. The highest BCUT2D eigenvalue weighted by Crippen LogP contribution is 2.55. The molecule has 0 unspecified atom stereocenters. The number of benzene rings is 1. The van der Waals surface area contributed by atoms with Crippen molar-refractivity contribution in [2.75, 3.05) is 0 Å². The van der Waals surface area contributed by atoms with Gasteiger partial charge in [-0.2, -0.15) is 0 Å². The molecule has 0 saturated carbocycles. The molecule has 2 aliphatic rings. The molecule has 3 atom stereocenters. The number of carbonyl (C=O) groups is 2. The summed E-state index contributed by atoms with van der Waals surface area (Å²) in [6.07, 6.45) is 5.35. The fourth-order valence-corrected chi connectivity index (χ4v) is 5.31. The van der Waals surface area contributed by atoms with Crippen molar-refractivity contribution in [2.45, 2.75) is 16.7 Å². The Morgan fingerprint density at radius 2 is 2.00 bits per heavy atom. The molecule has 0 fully saturated rings. The van der Waals surface area contributed by atoms with Crippen LogP contribution in [0.3, 0.4) is 0 Å². The average molecular weight is 517 g/mol. The maximum Gasteiger partial charge on any atom is 0.175 e. The Labute approximate surface area is 164 Å². The van der Waals surface area contributed by atoms with Crippen LogP contribution in [0.4, 0.5) is 0 Å².